The minimum Gasteiger partial charge on any atom is -0.497 e. The largest absolute Gasteiger partial charge is 0.497 e. The molecular weight excluding hydrogens is 630 g/mol. The number of ether oxygens (including phenoxy) is 1. The number of halogens is 1. The zero-order chi connectivity index (χ0) is 32.4. The van der Waals surface area contributed by atoms with Gasteiger partial charge in [0.1, 0.15) is 17.9 Å². The molecule has 0 radical (unpaired) electrons. The Kier molecular flexibility index (Phi) is 8.97. The van der Waals surface area contributed by atoms with Crippen LogP contribution in [-0.4, -0.2) is 78.0 Å². The number of benzene rings is 2. The van der Waals surface area contributed by atoms with E-state index in [9.17, 15) is 18.9 Å². The van der Waals surface area contributed by atoms with E-state index < -0.39 is 10.1 Å². The molecule has 0 atom stereocenters. The predicted molar refractivity (Wildman–Crippen MR) is 172 cm³/mol. The minimum atomic E-state index is -3.46. The van der Waals surface area contributed by atoms with Crippen molar-refractivity contribution in [2.24, 2.45) is 0 Å². The number of nitrogens with zero attached hydrogens (tertiary/aromatic N) is 8. The number of methoxy groups -OCH3 is 1. The van der Waals surface area contributed by atoms with Gasteiger partial charge in [0.2, 0.25) is 5.95 Å². The SMILES string of the molecule is COc1ccc(CN(c2nc(Nc3cc(C#N)c(CCCN4CC(OS(C)(=O)=O)C4)cc3Cl)nn3c(C#N)cnc23)C2CC2)cc1. The molecular formula is C31H32ClN9O4S. The highest BCUT2D eigenvalue weighted by Gasteiger charge is 2.33. The lowest BCUT2D eigenvalue weighted by atomic mass is 10.0. The van der Waals surface area contributed by atoms with Crippen LogP contribution >= 0.6 is 11.6 Å². The number of anilines is 3. The molecule has 2 aromatic carbocycles. The first-order chi connectivity index (χ1) is 22.1. The van der Waals surface area contributed by atoms with Crippen molar-refractivity contribution >= 4 is 44.8 Å². The topological polar surface area (TPSA) is 162 Å². The highest BCUT2D eigenvalue weighted by molar-refractivity contribution is 7.86. The number of fused-ring (bicyclic) bond motifs is 1. The molecule has 1 saturated heterocycles. The van der Waals surface area contributed by atoms with Gasteiger partial charge < -0.3 is 15.0 Å². The first-order valence-electron chi connectivity index (χ1n) is 14.8. The number of imidazole rings is 1. The van der Waals surface area contributed by atoms with Crippen LogP contribution in [0.2, 0.25) is 5.02 Å². The number of likely N-dealkylation sites (tertiary alicyclic amines) is 1. The molecule has 15 heteroatoms. The van der Waals surface area contributed by atoms with Gasteiger partial charge in [-0.3, -0.25) is 9.08 Å². The van der Waals surface area contributed by atoms with Gasteiger partial charge in [-0.2, -0.15) is 28.4 Å². The molecule has 2 aliphatic rings. The Morgan fingerprint density at radius 1 is 1.15 bits per heavy atom. The number of aromatic nitrogens is 4. The summed E-state index contributed by atoms with van der Waals surface area (Å²) >= 11 is 6.72. The van der Waals surface area contributed by atoms with Gasteiger partial charge in [-0.15, -0.1) is 5.10 Å². The number of aryl methyl sites for hydroxylation is 1. The Bertz CT molecular complexity index is 1940. The number of rotatable bonds is 13. The Balaban J connectivity index is 1.21. The van der Waals surface area contributed by atoms with E-state index in [1.54, 1.807) is 19.2 Å². The van der Waals surface area contributed by atoms with E-state index in [-0.39, 0.29) is 23.8 Å². The lowest BCUT2D eigenvalue weighted by molar-refractivity contribution is 0.0246. The van der Waals surface area contributed by atoms with Crippen molar-refractivity contribution < 1.29 is 17.3 Å². The second-order valence-corrected chi connectivity index (χ2v) is 13.5. The van der Waals surface area contributed by atoms with Crippen molar-refractivity contribution in [1.82, 2.24) is 24.5 Å². The first kappa shape index (κ1) is 31.5. The number of nitrogens with one attached hydrogen (secondary N) is 1. The third kappa shape index (κ3) is 7.16. The number of hydrogen-bond donors (Lipinski definition) is 1. The van der Waals surface area contributed by atoms with Crippen LogP contribution < -0.4 is 15.0 Å². The maximum absolute atomic E-state index is 11.3. The number of hydrogen-bond acceptors (Lipinski definition) is 12. The predicted octanol–water partition coefficient (Wildman–Crippen LogP) is 4.04. The van der Waals surface area contributed by atoms with Crippen molar-refractivity contribution in [3.05, 3.63) is 70.0 Å². The van der Waals surface area contributed by atoms with E-state index in [0.29, 0.717) is 53.8 Å². The lowest BCUT2D eigenvalue weighted by Gasteiger charge is -2.37. The van der Waals surface area contributed by atoms with Gasteiger partial charge in [0.15, 0.2) is 17.2 Å². The molecule has 4 aromatic rings. The van der Waals surface area contributed by atoms with Gasteiger partial charge >= 0.3 is 0 Å². The van der Waals surface area contributed by atoms with Gasteiger partial charge in [-0.1, -0.05) is 23.7 Å². The fourth-order valence-corrected chi connectivity index (χ4v) is 6.38. The van der Waals surface area contributed by atoms with Crippen molar-refractivity contribution in [1.29, 1.82) is 10.5 Å². The summed E-state index contributed by atoms with van der Waals surface area (Å²) in [6, 6.07) is 16.0. The first-order valence-corrected chi connectivity index (χ1v) is 17.0. The molecule has 0 bridgehead atoms. The van der Waals surface area contributed by atoms with Crippen LogP contribution in [0.25, 0.3) is 5.65 Å². The average molecular weight is 662 g/mol. The van der Waals surface area contributed by atoms with E-state index in [4.69, 9.17) is 25.5 Å². The molecule has 2 fully saturated rings. The summed E-state index contributed by atoms with van der Waals surface area (Å²) in [5.41, 5.74) is 3.53. The Morgan fingerprint density at radius 2 is 1.91 bits per heavy atom. The normalized spacial score (nSPS) is 15.2. The van der Waals surface area contributed by atoms with Crippen LogP contribution in [0.5, 0.6) is 5.75 Å². The van der Waals surface area contributed by atoms with Crippen LogP contribution in [-0.2, 0) is 27.3 Å². The Morgan fingerprint density at radius 3 is 2.57 bits per heavy atom. The second kappa shape index (κ2) is 13.1. The minimum absolute atomic E-state index is 0.208. The van der Waals surface area contributed by atoms with Crippen molar-refractivity contribution in [2.75, 3.05) is 43.2 Å². The molecule has 1 N–H and O–H groups in total. The van der Waals surface area contributed by atoms with Crippen LogP contribution in [0.1, 0.15) is 41.6 Å². The molecule has 13 nitrogen and oxygen atoms in total. The summed E-state index contributed by atoms with van der Waals surface area (Å²) in [4.78, 5) is 13.6. The smallest absolute Gasteiger partial charge is 0.264 e. The quantitative estimate of drug-likeness (QED) is 0.205. The molecule has 0 spiro atoms. The monoisotopic (exact) mass is 661 g/mol. The summed E-state index contributed by atoms with van der Waals surface area (Å²) in [5.74, 6) is 1.57. The molecule has 6 rings (SSSR count). The standard InChI is InChI=1S/C31H32ClN9O4S/c1-44-25-9-5-20(6-10-25)17-40(23-7-8-23)30-29-35-16-24(15-34)41(29)38-31(37-30)36-28-13-22(14-33)21(12-27(28)32)4-3-11-39-18-26(19-39)45-46(2,42)43/h5-6,9-10,12-13,16,23,26H,3-4,7-8,11,17-19H2,1-2H3,(H,36,38). The van der Waals surface area contributed by atoms with E-state index >= 15 is 0 Å². The highest BCUT2D eigenvalue weighted by Crippen LogP contribution is 2.36. The third-order valence-electron chi connectivity index (χ3n) is 7.95. The van der Waals surface area contributed by atoms with Gasteiger partial charge in [0.05, 0.1) is 41.9 Å². The fourth-order valence-electron chi connectivity index (χ4n) is 5.53. The maximum atomic E-state index is 11.3. The molecule has 1 aliphatic carbocycles. The van der Waals surface area contributed by atoms with Crippen LogP contribution in [0.15, 0.2) is 42.6 Å². The maximum Gasteiger partial charge on any atom is 0.264 e. The van der Waals surface area contributed by atoms with E-state index in [0.717, 1.165) is 48.9 Å². The zero-order valence-electron chi connectivity index (χ0n) is 25.3. The van der Waals surface area contributed by atoms with Gasteiger partial charge in [0.25, 0.3) is 10.1 Å². The lowest BCUT2D eigenvalue weighted by Crippen LogP contribution is -2.52. The van der Waals surface area contributed by atoms with E-state index in [1.807, 2.05) is 24.3 Å². The summed E-state index contributed by atoms with van der Waals surface area (Å²) in [7, 11) is -1.83. The molecule has 1 aliphatic heterocycles. The van der Waals surface area contributed by atoms with E-state index in [2.05, 4.69) is 37.3 Å². The van der Waals surface area contributed by atoms with E-state index in [1.165, 1.54) is 10.7 Å². The Labute approximate surface area is 272 Å². The Hall–Kier alpha value is -4.47. The van der Waals surface area contributed by atoms with Crippen LogP contribution in [0.4, 0.5) is 17.5 Å². The van der Waals surface area contributed by atoms with Gasteiger partial charge in [-0.05, 0) is 67.6 Å². The van der Waals surface area contributed by atoms with Crippen molar-refractivity contribution in [3.63, 3.8) is 0 Å². The van der Waals surface area contributed by atoms with Gasteiger partial charge in [0, 0.05) is 25.7 Å². The molecule has 2 aromatic heterocycles. The summed E-state index contributed by atoms with van der Waals surface area (Å²) in [5, 5.41) is 27.8. The number of nitriles is 2. The molecule has 0 amide bonds. The summed E-state index contributed by atoms with van der Waals surface area (Å²) in [6.45, 7) is 2.42. The van der Waals surface area contributed by atoms with Crippen molar-refractivity contribution in [3.8, 4) is 17.9 Å². The van der Waals surface area contributed by atoms with Gasteiger partial charge in [-0.25, -0.2) is 4.98 Å². The highest BCUT2D eigenvalue weighted by atomic mass is 35.5. The van der Waals surface area contributed by atoms with Crippen LogP contribution in [0.3, 0.4) is 0 Å². The van der Waals surface area contributed by atoms with Crippen LogP contribution in [0, 0.1) is 22.7 Å². The fraction of sp³-hybridized carbons (Fsp3) is 0.387. The molecule has 1 saturated carbocycles. The molecule has 3 heterocycles. The summed E-state index contributed by atoms with van der Waals surface area (Å²) in [6.07, 6.45) is 5.61. The second-order valence-electron chi connectivity index (χ2n) is 11.5. The zero-order valence-corrected chi connectivity index (χ0v) is 26.9. The third-order valence-corrected chi connectivity index (χ3v) is 8.88. The average Bonchev–Trinajstić information content (AvgIpc) is 3.77. The summed E-state index contributed by atoms with van der Waals surface area (Å²) < 4.78 is 34.4. The van der Waals surface area contributed by atoms with Crippen molar-refractivity contribution in [2.45, 2.75) is 44.4 Å². The molecule has 0 unspecified atom stereocenters. The molecule has 238 valence electrons. The molecule has 46 heavy (non-hydrogen) atoms.